The molecule has 186 valence electrons. The third-order valence-electron chi connectivity index (χ3n) is 5.65. The first-order chi connectivity index (χ1) is 17.3. The van der Waals surface area contributed by atoms with Crippen LogP contribution in [0.1, 0.15) is 22.2 Å². The van der Waals surface area contributed by atoms with Crippen LogP contribution in [0.3, 0.4) is 0 Å². The smallest absolute Gasteiger partial charge is 0.394 e. The van der Waals surface area contributed by atoms with E-state index in [2.05, 4.69) is 24.9 Å². The van der Waals surface area contributed by atoms with E-state index in [0.717, 1.165) is 43.1 Å². The van der Waals surface area contributed by atoms with Gasteiger partial charge in [-0.1, -0.05) is 30.3 Å². The number of thiazole rings is 1. The second-order valence-electron chi connectivity index (χ2n) is 8.49. The first-order valence-corrected chi connectivity index (χ1v) is 12.3. The van der Waals surface area contributed by atoms with Gasteiger partial charge in [0.2, 0.25) is 0 Å². The van der Waals surface area contributed by atoms with Gasteiger partial charge in [0.1, 0.15) is 5.75 Å². The van der Waals surface area contributed by atoms with Gasteiger partial charge in [-0.15, -0.1) is 11.3 Å². The summed E-state index contributed by atoms with van der Waals surface area (Å²) in [5.74, 6) is -0.287. The average Bonchev–Trinajstić information content (AvgIpc) is 3.29. The number of rotatable bonds is 7. The average molecular weight is 511 g/mol. The lowest BCUT2D eigenvalue weighted by Crippen LogP contribution is -2.35. The largest absolute Gasteiger partial charge is 0.433 e. The number of amides is 1. The molecule has 2 aromatic carbocycles. The number of ether oxygens (including phenoxy) is 2. The van der Waals surface area contributed by atoms with Crippen LogP contribution in [0.5, 0.6) is 5.75 Å². The fourth-order valence-corrected chi connectivity index (χ4v) is 4.85. The first kappa shape index (κ1) is 24.2. The Hall–Kier alpha value is -3.47. The number of halogens is 2. The number of nitrogens with one attached hydrogen (secondary N) is 1. The Bertz CT molecular complexity index is 1380. The molecular weight excluding hydrogens is 486 g/mol. The Kier molecular flexibility index (Phi) is 6.90. The maximum absolute atomic E-state index is 13.3. The van der Waals surface area contributed by atoms with Crippen molar-refractivity contribution in [1.82, 2.24) is 14.9 Å². The Morgan fingerprint density at radius 1 is 1.17 bits per heavy atom. The number of carbonyl (C=O) groups excluding carboxylic acids is 1. The van der Waals surface area contributed by atoms with Crippen LogP contribution in [0, 0.1) is 0 Å². The van der Waals surface area contributed by atoms with Crippen LogP contribution in [-0.4, -0.2) is 53.2 Å². The highest BCUT2D eigenvalue weighted by Gasteiger charge is 2.23. The van der Waals surface area contributed by atoms with E-state index in [4.69, 9.17) is 4.74 Å². The molecule has 36 heavy (non-hydrogen) atoms. The number of hydrogen-bond acceptors (Lipinski definition) is 7. The minimum absolute atomic E-state index is 0.0320. The summed E-state index contributed by atoms with van der Waals surface area (Å²) in [7, 11) is 0. The normalized spacial score (nSPS) is 14.6. The zero-order chi connectivity index (χ0) is 25.1. The SMILES string of the molecule is CC(F)(F)Oc1cccc(-c2ccc3cccc(C(=O)Nc4ncc(CN5CCOCC5)s4)c3n2)c1. The molecule has 7 nitrogen and oxygen atoms in total. The number of benzene rings is 2. The number of alkyl halides is 2. The zero-order valence-electron chi connectivity index (χ0n) is 19.5. The quantitative estimate of drug-likeness (QED) is 0.357. The minimum atomic E-state index is -3.29. The molecule has 10 heteroatoms. The predicted octanol–water partition coefficient (Wildman–Crippen LogP) is 5.43. The van der Waals surface area contributed by atoms with E-state index in [9.17, 15) is 13.6 Å². The van der Waals surface area contributed by atoms with Crippen molar-refractivity contribution in [2.24, 2.45) is 0 Å². The van der Waals surface area contributed by atoms with Crippen molar-refractivity contribution < 1.29 is 23.0 Å². The summed E-state index contributed by atoms with van der Waals surface area (Å²) in [5, 5.41) is 4.18. The minimum Gasteiger partial charge on any atom is -0.433 e. The van der Waals surface area contributed by atoms with E-state index in [-0.39, 0.29) is 11.7 Å². The van der Waals surface area contributed by atoms with Gasteiger partial charge < -0.3 is 9.47 Å². The summed E-state index contributed by atoms with van der Waals surface area (Å²) in [6.07, 6.45) is -1.51. The van der Waals surface area contributed by atoms with Gasteiger partial charge in [0.15, 0.2) is 5.13 Å². The van der Waals surface area contributed by atoms with Gasteiger partial charge in [0.25, 0.3) is 5.91 Å². The molecule has 1 aliphatic rings. The molecule has 0 saturated carbocycles. The summed E-state index contributed by atoms with van der Waals surface area (Å²) >= 11 is 1.44. The van der Waals surface area contributed by atoms with Crippen molar-refractivity contribution in [3.63, 3.8) is 0 Å². The number of pyridine rings is 1. The molecule has 2 aromatic heterocycles. The summed E-state index contributed by atoms with van der Waals surface area (Å²) in [4.78, 5) is 25.6. The molecule has 1 fully saturated rings. The van der Waals surface area contributed by atoms with Gasteiger partial charge in [0, 0.05) is 48.6 Å². The van der Waals surface area contributed by atoms with E-state index in [1.54, 1.807) is 36.5 Å². The number of aromatic nitrogens is 2. The van der Waals surface area contributed by atoms with Gasteiger partial charge in [-0.3, -0.25) is 15.0 Å². The number of morpholine rings is 1. The monoisotopic (exact) mass is 510 g/mol. The predicted molar refractivity (Wildman–Crippen MR) is 135 cm³/mol. The highest BCUT2D eigenvalue weighted by molar-refractivity contribution is 7.15. The molecule has 0 bridgehead atoms. The Balaban J connectivity index is 1.37. The number of nitrogens with zero attached hydrogens (tertiary/aromatic N) is 3. The third-order valence-corrected chi connectivity index (χ3v) is 6.55. The van der Waals surface area contributed by atoms with Gasteiger partial charge >= 0.3 is 6.11 Å². The topological polar surface area (TPSA) is 76.6 Å². The first-order valence-electron chi connectivity index (χ1n) is 11.5. The van der Waals surface area contributed by atoms with Crippen LogP contribution >= 0.6 is 11.3 Å². The molecule has 5 rings (SSSR count). The van der Waals surface area contributed by atoms with Crippen LogP contribution in [0.25, 0.3) is 22.2 Å². The summed E-state index contributed by atoms with van der Waals surface area (Å²) < 4.78 is 36.7. The molecule has 0 spiro atoms. The molecule has 4 aromatic rings. The van der Waals surface area contributed by atoms with Crippen LogP contribution in [0.2, 0.25) is 0 Å². The number of anilines is 1. The highest BCUT2D eigenvalue weighted by atomic mass is 32.1. The van der Waals surface area contributed by atoms with Gasteiger partial charge in [-0.25, -0.2) is 9.97 Å². The van der Waals surface area contributed by atoms with E-state index in [1.807, 2.05) is 12.1 Å². The van der Waals surface area contributed by atoms with Crippen molar-refractivity contribution in [3.8, 4) is 17.0 Å². The standard InChI is InChI=1S/C26H24F2N4O3S/c1-26(27,28)35-19-6-2-5-18(14-19)22-9-8-17-4-3-7-21(23(17)30-22)24(33)31-25-29-15-20(36-25)16-32-10-12-34-13-11-32/h2-9,14-15H,10-13,16H2,1H3,(H,29,31,33). The lowest BCUT2D eigenvalue weighted by molar-refractivity contribution is -0.158. The second kappa shape index (κ2) is 10.3. The van der Waals surface area contributed by atoms with E-state index < -0.39 is 6.11 Å². The summed E-state index contributed by atoms with van der Waals surface area (Å²) in [5.41, 5.74) is 2.03. The fourth-order valence-electron chi connectivity index (χ4n) is 4.00. The fraction of sp³-hybridized carbons (Fsp3) is 0.269. The molecule has 1 N–H and O–H groups in total. The van der Waals surface area contributed by atoms with Crippen molar-refractivity contribution in [1.29, 1.82) is 0 Å². The molecular formula is C26H24F2N4O3S. The Morgan fingerprint density at radius 3 is 2.78 bits per heavy atom. The van der Waals surface area contributed by atoms with Crippen molar-refractivity contribution in [2.45, 2.75) is 19.6 Å². The van der Waals surface area contributed by atoms with Gasteiger partial charge in [0.05, 0.1) is 30.0 Å². The Labute approximate surface area is 210 Å². The van der Waals surface area contributed by atoms with Crippen LogP contribution < -0.4 is 10.1 Å². The molecule has 0 atom stereocenters. The lowest BCUT2D eigenvalue weighted by Gasteiger charge is -2.25. The zero-order valence-corrected chi connectivity index (χ0v) is 20.4. The number of carbonyl (C=O) groups is 1. The highest BCUT2D eigenvalue weighted by Crippen LogP contribution is 2.29. The third kappa shape index (κ3) is 5.84. The van der Waals surface area contributed by atoms with E-state index >= 15 is 0 Å². The molecule has 0 aliphatic carbocycles. The lowest BCUT2D eigenvalue weighted by atomic mass is 10.1. The van der Waals surface area contributed by atoms with Crippen LogP contribution in [-0.2, 0) is 11.3 Å². The Morgan fingerprint density at radius 2 is 1.97 bits per heavy atom. The van der Waals surface area contributed by atoms with Crippen molar-refractivity contribution in [2.75, 3.05) is 31.6 Å². The van der Waals surface area contributed by atoms with Crippen molar-refractivity contribution >= 4 is 33.3 Å². The van der Waals surface area contributed by atoms with Crippen LogP contribution in [0.4, 0.5) is 13.9 Å². The molecule has 3 heterocycles. The molecule has 0 unspecified atom stereocenters. The van der Waals surface area contributed by atoms with Gasteiger partial charge in [-0.05, 0) is 24.3 Å². The van der Waals surface area contributed by atoms with Crippen molar-refractivity contribution in [3.05, 3.63) is 71.2 Å². The number of para-hydroxylation sites is 1. The number of hydrogen-bond donors (Lipinski definition) is 1. The maximum atomic E-state index is 13.3. The summed E-state index contributed by atoms with van der Waals surface area (Å²) in [6.45, 7) is 4.65. The maximum Gasteiger partial charge on any atom is 0.394 e. The molecule has 1 saturated heterocycles. The molecule has 1 amide bonds. The summed E-state index contributed by atoms with van der Waals surface area (Å²) in [6, 6.07) is 15.3. The van der Waals surface area contributed by atoms with E-state index in [0.29, 0.717) is 34.4 Å². The number of fused-ring (bicyclic) bond motifs is 1. The second-order valence-corrected chi connectivity index (χ2v) is 9.60. The van der Waals surface area contributed by atoms with Gasteiger partial charge in [-0.2, -0.15) is 8.78 Å². The van der Waals surface area contributed by atoms with E-state index in [1.165, 1.54) is 23.5 Å². The molecule has 1 aliphatic heterocycles. The van der Waals surface area contributed by atoms with Crippen LogP contribution in [0.15, 0.2) is 60.8 Å². The molecule has 0 radical (unpaired) electrons.